The molecule has 1 fully saturated rings. The van der Waals surface area contributed by atoms with E-state index in [4.69, 9.17) is 4.74 Å². The molecule has 0 N–H and O–H groups in total. The molecule has 1 aromatic heterocycles. The third-order valence-corrected chi connectivity index (χ3v) is 5.69. The van der Waals surface area contributed by atoms with Gasteiger partial charge in [-0.2, -0.15) is 0 Å². The molecule has 1 amide bonds. The number of hydrogen-bond acceptors (Lipinski definition) is 4. The molecule has 5 nitrogen and oxygen atoms in total. The Morgan fingerprint density at radius 1 is 1.00 bits per heavy atom. The van der Waals surface area contributed by atoms with Crippen LogP contribution in [0.25, 0.3) is 0 Å². The molecule has 0 radical (unpaired) electrons. The topological polar surface area (TPSA) is 45.7 Å². The molecule has 1 aliphatic rings. The molecule has 0 atom stereocenters. The van der Waals surface area contributed by atoms with Crippen molar-refractivity contribution in [2.45, 2.75) is 26.6 Å². The Balaban J connectivity index is 1.56. The molecule has 1 aliphatic heterocycles. The van der Waals surface area contributed by atoms with Crippen LogP contribution in [0.2, 0.25) is 0 Å². The second-order valence-electron chi connectivity index (χ2n) is 8.04. The lowest BCUT2D eigenvalue weighted by atomic mass is 10.1. The first kappa shape index (κ1) is 21.2. The molecular formula is C26H29N3O2. The third kappa shape index (κ3) is 5.78. The fourth-order valence-corrected chi connectivity index (χ4v) is 3.91. The summed E-state index contributed by atoms with van der Waals surface area (Å²) in [5.74, 6) is 0.0379. The van der Waals surface area contributed by atoms with Gasteiger partial charge < -0.3 is 9.64 Å². The largest absolute Gasteiger partial charge is 0.379 e. The number of pyridine rings is 1. The maximum absolute atomic E-state index is 13.6. The van der Waals surface area contributed by atoms with Gasteiger partial charge in [0.25, 0.3) is 5.91 Å². The molecule has 2 aromatic carbocycles. The Bertz CT molecular complexity index is 1000. The normalized spacial score (nSPS) is 14.4. The molecule has 1 saturated heterocycles. The highest BCUT2D eigenvalue weighted by Crippen LogP contribution is 2.18. The first-order valence-corrected chi connectivity index (χ1v) is 10.8. The minimum atomic E-state index is 0.0379. The molecule has 160 valence electrons. The van der Waals surface area contributed by atoms with Crippen molar-refractivity contribution < 1.29 is 9.53 Å². The SMILES string of the molecule is Cc1ccccc1CN(Cc1cccnc1)C(=O)c1cccc(CN2CCOCC2)c1. The van der Waals surface area contributed by atoms with Crippen LogP contribution in [0.1, 0.15) is 32.6 Å². The Hall–Kier alpha value is -3.02. The van der Waals surface area contributed by atoms with Gasteiger partial charge in [0.15, 0.2) is 0 Å². The summed E-state index contributed by atoms with van der Waals surface area (Å²) in [6.07, 6.45) is 3.58. The van der Waals surface area contributed by atoms with E-state index in [-0.39, 0.29) is 5.91 Å². The second kappa shape index (κ2) is 10.3. The van der Waals surface area contributed by atoms with E-state index in [2.05, 4.69) is 35.0 Å². The summed E-state index contributed by atoms with van der Waals surface area (Å²) in [4.78, 5) is 22.1. The first-order chi connectivity index (χ1) is 15.2. The summed E-state index contributed by atoms with van der Waals surface area (Å²) < 4.78 is 5.45. The van der Waals surface area contributed by atoms with Crippen LogP contribution in [0, 0.1) is 6.92 Å². The van der Waals surface area contributed by atoms with Gasteiger partial charge in [-0.25, -0.2) is 0 Å². The van der Waals surface area contributed by atoms with Crippen molar-refractivity contribution in [1.82, 2.24) is 14.8 Å². The minimum absolute atomic E-state index is 0.0379. The monoisotopic (exact) mass is 415 g/mol. The van der Waals surface area contributed by atoms with E-state index in [9.17, 15) is 4.79 Å². The number of aromatic nitrogens is 1. The van der Waals surface area contributed by atoms with Crippen LogP contribution < -0.4 is 0 Å². The molecule has 0 bridgehead atoms. The van der Waals surface area contributed by atoms with Crippen LogP contribution in [0.3, 0.4) is 0 Å². The van der Waals surface area contributed by atoms with Crippen molar-refractivity contribution in [3.05, 3.63) is 101 Å². The average Bonchev–Trinajstić information content (AvgIpc) is 2.81. The molecule has 4 rings (SSSR count). The lowest BCUT2D eigenvalue weighted by Gasteiger charge is -2.27. The lowest BCUT2D eigenvalue weighted by Crippen LogP contribution is -2.35. The van der Waals surface area contributed by atoms with Crippen molar-refractivity contribution in [1.29, 1.82) is 0 Å². The fraction of sp³-hybridized carbons (Fsp3) is 0.308. The average molecular weight is 416 g/mol. The minimum Gasteiger partial charge on any atom is -0.379 e. The molecule has 3 aromatic rings. The number of hydrogen-bond donors (Lipinski definition) is 0. The Morgan fingerprint density at radius 2 is 1.81 bits per heavy atom. The standard InChI is InChI=1S/C26H29N3O2/c1-21-6-2-3-9-25(21)20-29(19-23-8-5-11-27-17-23)26(30)24-10-4-7-22(16-24)18-28-12-14-31-15-13-28/h2-11,16-17H,12-15,18-20H2,1H3. The number of carbonyl (C=O) groups is 1. The van der Waals surface area contributed by atoms with Crippen molar-refractivity contribution in [2.75, 3.05) is 26.3 Å². The number of nitrogens with zero attached hydrogens (tertiary/aromatic N) is 3. The number of aryl methyl sites for hydroxylation is 1. The predicted octanol–water partition coefficient (Wildman–Crippen LogP) is 4.06. The predicted molar refractivity (Wildman–Crippen MR) is 122 cm³/mol. The zero-order valence-corrected chi connectivity index (χ0v) is 18.0. The van der Waals surface area contributed by atoms with Gasteiger partial charge in [-0.1, -0.05) is 42.5 Å². The zero-order chi connectivity index (χ0) is 21.5. The Labute approximate surface area is 184 Å². The van der Waals surface area contributed by atoms with Crippen LogP contribution in [0.5, 0.6) is 0 Å². The van der Waals surface area contributed by atoms with Crippen LogP contribution in [-0.2, 0) is 24.4 Å². The number of amides is 1. The summed E-state index contributed by atoms with van der Waals surface area (Å²) in [5.41, 5.74) is 5.25. The highest BCUT2D eigenvalue weighted by Gasteiger charge is 2.19. The molecule has 0 spiro atoms. The molecule has 31 heavy (non-hydrogen) atoms. The number of benzene rings is 2. The molecule has 2 heterocycles. The lowest BCUT2D eigenvalue weighted by molar-refractivity contribution is 0.0341. The van der Waals surface area contributed by atoms with Crippen molar-refractivity contribution in [3.63, 3.8) is 0 Å². The van der Waals surface area contributed by atoms with E-state index >= 15 is 0 Å². The van der Waals surface area contributed by atoms with Gasteiger partial charge >= 0.3 is 0 Å². The zero-order valence-electron chi connectivity index (χ0n) is 18.0. The summed E-state index contributed by atoms with van der Waals surface area (Å²) in [6, 6.07) is 20.2. The number of ether oxygens (including phenoxy) is 1. The van der Waals surface area contributed by atoms with Crippen molar-refractivity contribution in [3.8, 4) is 0 Å². The molecule has 0 saturated carbocycles. The third-order valence-electron chi connectivity index (χ3n) is 5.69. The second-order valence-corrected chi connectivity index (χ2v) is 8.04. The van der Waals surface area contributed by atoms with Gasteiger partial charge in [0, 0.05) is 50.7 Å². The molecule has 0 unspecified atom stereocenters. The van der Waals surface area contributed by atoms with E-state index in [0.717, 1.165) is 55.1 Å². The van der Waals surface area contributed by atoms with E-state index in [1.807, 2.05) is 53.6 Å². The van der Waals surface area contributed by atoms with Crippen LogP contribution in [-0.4, -0.2) is 47.0 Å². The van der Waals surface area contributed by atoms with E-state index in [1.165, 1.54) is 5.56 Å². The van der Waals surface area contributed by atoms with E-state index in [0.29, 0.717) is 13.1 Å². The van der Waals surface area contributed by atoms with Crippen molar-refractivity contribution in [2.24, 2.45) is 0 Å². The summed E-state index contributed by atoms with van der Waals surface area (Å²) in [5, 5.41) is 0. The van der Waals surface area contributed by atoms with E-state index < -0.39 is 0 Å². The van der Waals surface area contributed by atoms with Gasteiger partial charge in [0.05, 0.1) is 13.2 Å². The molecular weight excluding hydrogens is 386 g/mol. The molecule has 5 heteroatoms. The molecule has 0 aliphatic carbocycles. The highest BCUT2D eigenvalue weighted by molar-refractivity contribution is 5.94. The maximum Gasteiger partial charge on any atom is 0.254 e. The highest BCUT2D eigenvalue weighted by atomic mass is 16.5. The van der Waals surface area contributed by atoms with Crippen LogP contribution in [0.4, 0.5) is 0 Å². The number of morpholine rings is 1. The van der Waals surface area contributed by atoms with Crippen molar-refractivity contribution >= 4 is 5.91 Å². The van der Waals surface area contributed by atoms with Gasteiger partial charge in [-0.3, -0.25) is 14.7 Å². The Morgan fingerprint density at radius 3 is 2.58 bits per heavy atom. The smallest absolute Gasteiger partial charge is 0.254 e. The summed E-state index contributed by atoms with van der Waals surface area (Å²) in [6.45, 7) is 7.41. The van der Waals surface area contributed by atoms with Crippen LogP contribution >= 0.6 is 0 Å². The number of rotatable bonds is 7. The summed E-state index contributed by atoms with van der Waals surface area (Å²) in [7, 11) is 0. The Kier molecular flexibility index (Phi) is 7.07. The number of carbonyl (C=O) groups excluding carboxylic acids is 1. The van der Waals surface area contributed by atoms with Gasteiger partial charge in [-0.15, -0.1) is 0 Å². The van der Waals surface area contributed by atoms with E-state index in [1.54, 1.807) is 6.20 Å². The van der Waals surface area contributed by atoms with Gasteiger partial charge in [-0.05, 0) is 47.4 Å². The van der Waals surface area contributed by atoms with Gasteiger partial charge in [0.2, 0.25) is 0 Å². The van der Waals surface area contributed by atoms with Gasteiger partial charge in [0.1, 0.15) is 0 Å². The van der Waals surface area contributed by atoms with Crippen LogP contribution in [0.15, 0.2) is 73.1 Å². The quantitative estimate of drug-likeness (QED) is 0.584. The first-order valence-electron chi connectivity index (χ1n) is 10.8. The maximum atomic E-state index is 13.6. The summed E-state index contributed by atoms with van der Waals surface area (Å²) >= 11 is 0. The fourth-order valence-electron chi connectivity index (χ4n) is 3.91.